The molecule has 7 nitrogen and oxygen atoms in total. The zero-order chi connectivity index (χ0) is 20.8. The van der Waals surface area contributed by atoms with Gasteiger partial charge < -0.3 is 14.2 Å². The largest absolute Gasteiger partial charge is 0.493 e. The molecule has 0 unspecified atom stereocenters. The fraction of sp³-hybridized carbons (Fsp3) is 0.316. The van der Waals surface area contributed by atoms with Crippen LogP contribution >= 0.6 is 23.4 Å². The molecular weight excluding hydrogens is 406 g/mol. The standard InChI is InChI=1S/C19H18ClNO6S/c1-5-6-26-17-13(20)7-12(8-14(17)25-4)9-15-18(23)21(19(24)28-15)10-16(22)27-11(2)3/h1,7-9,11H,6,10H2,2-4H3/b15-9-. The zero-order valence-electron chi connectivity index (χ0n) is 15.5. The van der Waals surface area contributed by atoms with E-state index in [0.717, 1.165) is 16.7 Å². The van der Waals surface area contributed by atoms with E-state index in [1.165, 1.54) is 13.2 Å². The second-order valence-electron chi connectivity index (χ2n) is 5.83. The number of thioether (sulfide) groups is 1. The molecule has 1 fully saturated rings. The summed E-state index contributed by atoms with van der Waals surface area (Å²) in [6.07, 6.45) is 6.32. The molecule has 1 saturated heterocycles. The topological polar surface area (TPSA) is 82.1 Å². The summed E-state index contributed by atoms with van der Waals surface area (Å²) < 4.78 is 15.6. The molecule has 2 amide bonds. The fourth-order valence-electron chi connectivity index (χ4n) is 2.29. The summed E-state index contributed by atoms with van der Waals surface area (Å²) in [7, 11) is 1.44. The third-order valence-electron chi connectivity index (χ3n) is 3.38. The summed E-state index contributed by atoms with van der Waals surface area (Å²) in [6.45, 7) is 2.93. The minimum absolute atomic E-state index is 0.0147. The van der Waals surface area contributed by atoms with Gasteiger partial charge >= 0.3 is 5.97 Å². The van der Waals surface area contributed by atoms with Crippen LogP contribution in [0.3, 0.4) is 0 Å². The van der Waals surface area contributed by atoms with Gasteiger partial charge in [-0.3, -0.25) is 19.3 Å². The molecule has 1 aliphatic rings. The highest BCUT2D eigenvalue weighted by Gasteiger charge is 2.36. The van der Waals surface area contributed by atoms with Crippen molar-refractivity contribution in [2.75, 3.05) is 20.3 Å². The maximum atomic E-state index is 12.5. The number of amides is 2. The quantitative estimate of drug-likeness (QED) is 0.378. The predicted octanol–water partition coefficient (Wildman–Crippen LogP) is 3.35. The Bertz CT molecular complexity index is 874. The Labute approximate surface area is 171 Å². The van der Waals surface area contributed by atoms with Gasteiger partial charge in [0.15, 0.2) is 11.5 Å². The third kappa shape index (κ3) is 5.21. The molecule has 28 heavy (non-hydrogen) atoms. The molecule has 0 bridgehead atoms. The number of ether oxygens (including phenoxy) is 3. The molecule has 148 valence electrons. The number of hydrogen-bond donors (Lipinski definition) is 0. The Hall–Kier alpha value is -2.63. The van der Waals surface area contributed by atoms with Gasteiger partial charge in [0.25, 0.3) is 11.1 Å². The van der Waals surface area contributed by atoms with Gasteiger partial charge in [-0.1, -0.05) is 17.5 Å². The van der Waals surface area contributed by atoms with Crippen molar-refractivity contribution in [2.45, 2.75) is 20.0 Å². The van der Waals surface area contributed by atoms with Crippen molar-refractivity contribution in [3.63, 3.8) is 0 Å². The molecule has 0 aliphatic carbocycles. The summed E-state index contributed by atoms with van der Waals surface area (Å²) in [6, 6.07) is 3.15. The highest BCUT2D eigenvalue weighted by atomic mass is 35.5. The number of carbonyl (C=O) groups excluding carboxylic acids is 3. The van der Waals surface area contributed by atoms with Gasteiger partial charge in [0.1, 0.15) is 13.2 Å². The van der Waals surface area contributed by atoms with Crippen LogP contribution in [0.25, 0.3) is 6.08 Å². The second-order valence-corrected chi connectivity index (χ2v) is 7.23. The molecule has 0 atom stereocenters. The van der Waals surface area contributed by atoms with Gasteiger partial charge in [0.2, 0.25) is 0 Å². The number of imide groups is 1. The van der Waals surface area contributed by atoms with Crippen LogP contribution in [-0.2, 0) is 14.3 Å². The van der Waals surface area contributed by atoms with Crippen LogP contribution < -0.4 is 9.47 Å². The Kier molecular flexibility index (Phi) is 7.38. The van der Waals surface area contributed by atoms with Crippen LogP contribution in [0.2, 0.25) is 5.02 Å². The summed E-state index contributed by atoms with van der Waals surface area (Å²) in [5.74, 6) is 1.70. The van der Waals surface area contributed by atoms with E-state index in [1.54, 1.807) is 26.0 Å². The Morgan fingerprint density at radius 2 is 2.11 bits per heavy atom. The molecule has 9 heteroatoms. The van der Waals surface area contributed by atoms with Crippen LogP contribution in [0.5, 0.6) is 11.5 Å². The summed E-state index contributed by atoms with van der Waals surface area (Å²) in [5.41, 5.74) is 0.519. The van der Waals surface area contributed by atoms with E-state index in [9.17, 15) is 14.4 Å². The molecule has 0 radical (unpaired) electrons. The first-order valence-corrected chi connectivity index (χ1v) is 9.35. The molecule has 1 aliphatic heterocycles. The number of carbonyl (C=O) groups is 3. The minimum Gasteiger partial charge on any atom is -0.493 e. The van der Waals surface area contributed by atoms with Crippen LogP contribution in [-0.4, -0.2) is 48.4 Å². The molecule has 0 N–H and O–H groups in total. The van der Waals surface area contributed by atoms with E-state index in [1.807, 2.05) is 0 Å². The van der Waals surface area contributed by atoms with Crippen molar-refractivity contribution >= 4 is 46.6 Å². The van der Waals surface area contributed by atoms with E-state index < -0.39 is 23.7 Å². The van der Waals surface area contributed by atoms with Gasteiger partial charge in [0, 0.05) is 0 Å². The Morgan fingerprint density at radius 3 is 2.71 bits per heavy atom. The number of methoxy groups -OCH3 is 1. The van der Waals surface area contributed by atoms with E-state index >= 15 is 0 Å². The summed E-state index contributed by atoms with van der Waals surface area (Å²) in [5, 5.41) is -0.315. The second kappa shape index (κ2) is 9.53. The van der Waals surface area contributed by atoms with Crippen LogP contribution in [0.4, 0.5) is 4.79 Å². The van der Waals surface area contributed by atoms with Crippen molar-refractivity contribution in [1.29, 1.82) is 0 Å². The highest BCUT2D eigenvalue weighted by molar-refractivity contribution is 8.18. The van der Waals surface area contributed by atoms with Crippen molar-refractivity contribution < 1.29 is 28.6 Å². The highest BCUT2D eigenvalue weighted by Crippen LogP contribution is 2.38. The number of hydrogen-bond acceptors (Lipinski definition) is 7. The average Bonchev–Trinajstić information content (AvgIpc) is 2.87. The zero-order valence-corrected chi connectivity index (χ0v) is 17.1. The van der Waals surface area contributed by atoms with Crippen molar-refractivity contribution in [3.05, 3.63) is 27.6 Å². The number of terminal acetylenes is 1. The lowest BCUT2D eigenvalue weighted by atomic mass is 10.1. The van der Waals surface area contributed by atoms with Crippen molar-refractivity contribution in [3.8, 4) is 23.8 Å². The van der Waals surface area contributed by atoms with Crippen LogP contribution in [0.15, 0.2) is 17.0 Å². The van der Waals surface area contributed by atoms with Gasteiger partial charge in [-0.25, -0.2) is 0 Å². The number of nitrogens with zero attached hydrogens (tertiary/aromatic N) is 1. The van der Waals surface area contributed by atoms with Gasteiger partial charge in [-0.2, -0.15) is 0 Å². The van der Waals surface area contributed by atoms with Gasteiger partial charge in [0.05, 0.1) is 23.1 Å². The lowest BCUT2D eigenvalue weighted by Crippen LogP contribution is -2.35. The maximum absolute atomic E-state index is 12.5. The SMILES string of the molecule is C#CCOc1c(Cl)cc(/C=C2\SC(=O)N(CC(=O)OC(C)C)C2=O)cc1OC. The molecule has 0 saturated carbocycles. The van der Waals surface area contributed by atoms with E-state index in [0.29, 0.717) is 11.3 Å². The molecule has 1 heterocycles. The molecule has 0 spiro atoms. The summed E-state index contributed by atoms with van der Waals surface area (Å²) >= 11 is 6.94. The normalized spacial score (nSPS) is 15.1. The van der Waals surface area contributed by atoms with Crippen LogP contribution in [0.1, 0.15) is 19.4 Å². The van der Waals surface area contributed by atoms with E-state index in [-0.39, 0.29) is 28.4 Å². The average molecular weight is 424 g/mol. The molecule has 1 aromatic carbocycles. The number of halogens is 1. The van der Waals surface area contributed by atoms with E-state index in [4.69, 9.17) is 32.2 Å². The van der Waals surface area contributed by atoms with Crippen molar-refractivity contribution in [1.82, 2.24) is 4.90 Å². The van der Waals surface area contributed by atoms with Crippen LogP contribution in [0, 0.1) is 12.3 Å². The van der Waals surface area contributed by atoms with Crippen molar-refractivity contribution in [2.24, 2.45) is 0 Å². The molecule has 1 aromatic rings. The van der Waals surface area contributed by atoms with Gasteiger partial charge in [-0.05, 0) is 49.4 Å². The summed E-state index contributed by atoms with van der Waals surface area (Å²) in [4.78, 5) is 37.3. The van der Waals surface area contributed by atoms with Gasteiger partial charge in [-0.15, -0.1) is 6.42 Å². The Morgan fingerprint density at radius 1 is 1.39 bits per heavy atom. The first-order valence-electron chi connectivity index (χ1n) is 8.15. The monoisotopic (exact) mass is 423 g/mol. The lowest BCUT2D eigenvalue weighted by molar-refractivity contribution is -0.149. The lowest BCUT2D eigenvalue weighted by Gasteiger charge is -2.13. The molecule has 0 aromatic heterocycles. The first kappa shape index (κ1) is 21.7. The molecular formula is C19H18ClNO6S. The van der Waals surface area contributed by atoms with E-state index in [2.05, 4.69) is 5.92 Å². The number of rotatable bonds is 7. The first-order chi connectivity index (χ1) is 13.3. The Balaban J connectivity index is 2.25. The number of benzene rings is 1. The maximum Gasteiger partial charge on any atom is 0.326 e. The minimum atomic E-state index is -0.654. The third-order valence-corrected chi connectivity index (χ3v) is 4.57. The number of esters is 1. The molecule has 2 rings (SSSR count). The fourth-order valence-corrected chi connectivity index (χ4v) is 3.41. The smallest absolute Gasteiger partial charge is 0.326 e. The predicted molar refractivity (Wildman–Crippen MR) is 106 cm³/mol.